The molecule has 2 aromatic rings. The van der Waals surface area contributed by atoms with E-state index in [1.807, 2.05) is 43.3 Å². The number of hydrogen-bond donors (Lipinski definition) is 0. The summed E-state index contributed by atoms with van der Waals surface area (Å²) in [4.78, 5) is 0.317. The number of nitrogens with zero attached hydrogens (tertiary/aromatic N) is 1. The van der Waals surface area contributed by atoms with Crippen molar-refractivity contribution < 1.29 is 13.2 Å². The van der Waals surface area contributed by atoms with Crippen LogP contribution in [0.15, 0.2) is 60.7 Å². The molecule has 0 N–H and O–H groups in total. The van der Waals surface area contributed by atoms with Crippen LogP contribution in [0.5, 0.6) is 5.75 Å². The highest BCUT2D eigenvalue weighted by molar-refractivity contribution is 14.1. The maximum atomic E-state index is 13.3. The molecule has 0 bridgehead atoms. The van der Waals surface area contributed by atoms with Gasteiger partial charge in [-0.1, -0.05) is 29.8 Å². The van der Waals surface area contributed by atoms with Crippen molar-refractivity contribution in [3.63, 3.8) is 0 Å². The Kier molecular flexibility index (Phi) is 5.64. The molecule has 1 aliphatic heterocycles. The summed E-state index contributed by atoms with van der Waals surface area (Å²) in [6.45, 7) is 1.94. The molecule has 1 aliphatic rings. The van der Waals surface area contributed by atoms with Gasteiger partial charge in [-0.15, -0.1) is 0 Å². The Hall–Kier alpha value is -0.810. The highest BCUT2D eigenvalue weighted by Crippen LogP contribution is 2.47. The van der Waals surface area contributed by atoms with E-state index in [0.29, 0.717) is 11.3 Å². The van der Waals surface area contributed by atoms with Crippen LogP contribution in [0.2, 0.25) is 0 Å². The van der Waals surface area contributed by atoms with E-state index in [9.17, 15) is 8.42 Å². The van der Waals surface area contributed by atoms with Crippen molar-refractivity contribution in [1.82, 2.24) is 4.31 Å². The number of sulfonamides is 1. The molecule has 1 atom stereocenters. The van der Waals surface area contributed by atoms with Crippen LogP contribution in [0.25, 0.3) is 0 Å². The summed E-state index contributed by atoms with van der Waals surface area (Å²) in [5.74, 6) is 0.757. The zero-order valence-electron chi connectivity index (χ0n) is 13.7. The first kappa shape index (κ1) is 19.0. The Bertz CT molecular complexity index is 906. The summed E-state index contributed by atoms with van der Waals surface area (Å²) in [6, 6.07) is 14.3. The maximum absolute atomic E-state index is 13.3. The number of methoxy groups -OCH3 is 1. The fourth-order valence-electron chi connectivity index (χ4n) is 2.77. The van der Waals surface area contributed by atoms with Crippen molar-refractivity contribution in [1.29, 1.82) is 0 Å². The molecule has 0 saturated carbocycles. The molecule has 1 heterocycles. The molecule has 0 amide bonds. The van der Waals surface area contributed by atoms with Gasteiger partial charge in [0, 0.05) is 10.0 Å². The maximum Gasteiger partial charge on any atom is 0.265 e. The van der Waals surface area contributed by atoms with E-state index in [0.717, 1.165) is 24.2 Å². The van der Waals surface area contributed by atoms with E-state index in [2.05, 4.69) is 45.2 Å². The Morgan fingerprint density at radius 1 is 1.04 bits per heavy atom. The summed E-state index contributed by atoms with van der Waals surface area (Å²) >= 11 is 4.36. The third kappa shape index (κ3) is 3.68. The first-order valence-electron chi connectivity index (χ1n) is 7.64. The van der Waals surface area contributed by atoms with Gasteiger partial charge >= 0.3 is 0 Å². The van der Waals surface area contributed by atoms with Crippen LogP contribution >= 0.6 is 45.2 Å². The average Bonchev–Trinajstić information content (AvgIpc) is 2.91. The molecule has 0 fully saturated rings. The third-order valence-electron chi connectivity index (χ3n) is 4.15. The molecule has 2 aromatic carbocycles. The number of aryl methyl sites for hydroxylation is 1. The second-order valence-electron chi connectivity index (χ2n) is 5.80. The minimum absolute atomic E-state index is 0.240. The lowest BCUT2D eigenvalue weighted by Crippen LogP contribution is -2.29. The number of ether oxygens (including phenoxy) is 1. The zero-order chi connectivity index (χ0) is 18.2. The predicted octanol–water partition coefficient (Wildman–Crippen LogP) is 5.18. The molecule has 7 heteroatoms. The second kappa shape index (κ2) is 7.43. The molecule has 1 unspecified atom stereocenters. The Labute approximate surface area is 175 Å². The Morgan fingerprint density at radius 2 is 1.64 bits per heavy atom. The van der Waals surface area contributed by atoms with Gasteiger partial charge in [-0.25, -0.2) is 8.42 Å². The minimum Gasteiger partial charge on any atom is -0.497 e. The van der Waals surface area contributed by atoms with Crippen LogP contribution in [0.1, 0.15) is 23.6 Å². The SMILES string of the molecule is COc1ccc(C2CC(I)=C(I)N2S(=O)(=O)c2ccc(C)cc2)cc1. The number of halogens is 2. The van der Waals surface area contributed by atoms with Gasteiger partial charge in [-0.05, 0) is 81.9 Å². The van der Waals surface area contributed by atoms with Crippen LogP contribution in [0, 0.1) is 6.92 Å². The molecule has 0 saturated heterocycles. The van der Waals surface area contributed by atoms with E-state index in [1.165, 1.54) is 0 Å². The van der Waals surface area contributed by atoms with Crippen LogP contribution in [0.4, 0.5) is 0 Å². The highest BCUT2D eigenvalue weighted by Gasteiger charge is 2.39. The Morgan fingerprint density at radius 3 is 2.20 bits per heavy atom. The molecular formula is C18H17I2NO3S. The van der Waals surface area contributed by atoms with E-state index in [-0.39, 0.29) is 6.04 Å². The summed E-state index contributed by atoms with van der Waals surface area (Å²) in [6.07, 6.45) is 0.677. The van der Waals surface area contributed by atoms with Crippen LogP contribution < -0.4 is 4.74 Å². The monoisotopic (exact) mass is 581 g/mol. The third-order valence-corrected chi connectivity index (χ3v) is 9.46. The van der Waals surface area contributed by atoms with Gasteiger partial charge in [0.05, 0.1) is 18.0 Å². The molecule has 4 nitrogen and oxygen atoms in total. The van der Waals surface area contributed by atoms with E-state index in [1.54, 1.807) is 23.5 Å². The van der Waals surface area contributed by atoms with Gasteiger partial charge < -0.3 is 4.74 Å². The first-order valence-corrected chi connectivity index (χ1v) is 11.2. The topological polar surface area (TPSA) is 46.6 Å². The summed E-state index contributed by atoms with van der Waals surface area (Å²) in [7, 11) is -2.00. The zero-order valence-corrected chi connectivity index (χ0v) is 18.9. The average molecular weight is 581 g/mol. The van der Waals surface area contributed by atoms with Gasteiger partial charge in [0.25, 0.3) is 10.0 Å². The van der Waals surface area contributed by atoms with Crippen molar-refractivity contribution in [2.24, 2.45) is 0 Å². The van der Waals surface area contributed by atoms with Crippen LogP contribution in [-0.4, -0.2) is 19.8 Å². The lowest BCUT2D eigenvalue weighted by molar-refractivity contribution is 0.412. The first-order chi connectivity index (χ1) is 11.8. The summed E-state index contributed by atoms with van der Waals surface area (Å²) < 4.78 is 35.1. The standard InChI is InChI=1S/C18H17I2NO3S/c1-12-3-9-15(10-4-12)25(22,23)21-17(11-16(19)18(21)20)13-5-7-14(24-2)8-6-13/h3-10,17H,11H2,1-2H3. The Balaban J connectivity index is 2.04. The van der Waals surface area contributed by atoms with Crippen molar-refractivity contribution in [3.8, 4) is 5.75 Å². The molecule has 25 heavy (non-hydrogen) atoms. The smallest absolute Gasteiger partial charge is 0.265 e. The fraction of sp³-hybridized carbons (Fsp3) is 0.222. The number of benzene rings is 2. The van der Waals surface area contributed by atoms with Crippen molar-refractivity contribution in [2.45, 2.75) is 24.3 Å². The van der Waals surface area contributed by atoms with Crippen molar-refractivity contribution in [3.05, 3.63) is 66.9 Å². The van der Waals surface area contributed by atoms with Crippen LogP contribution in [-0.2, 0) is 10.0 Å². The van der Waals surface area contributed by atoms with E-state index >= 15 is 0 Å². The van der Waals surface area contributed by atoms with Crippen molar-refractivity contribution in [2.75, 3.05) is 7.11 Å². The molecule has 132 valence electrons. The number of hydrogen-bond acceptors (Lipinski definition) is 3. The molecular weight excluding hydrogens is 564 g/mol. The quantitative estimate of drug-likeness (QED) is 0.370. The minimum atomic E-state index is -3.62. The van der Waals surface area contributed by atoms with Gasteiger partial charge in [0.1, 0.15) is 9.45 Å². The van der Waals surface area contributed by atoms with Gasteiger partial charge in [-0.2, -0.15) is 0 Å². The predicted molar refractivity (Wildman–Crippen MR) is 116 cm³/mol. The molecule has 0 spiro atoms. The van der Waals surface area contributed by atoms with Crippen molar-refractivity contribution >= 4 is 55.2 Å². The summed E-state index contributed by atoms with van der Waals surface area (Å²) in [5, 5.41) is 0. The lowest BCUT2D eigenvalue weighted by Gasteiger charge is -2.27. The highest BCUT2D eigenvalue weighted by atomic mass is 127. The molecule has 3 rings (SSSR count). The van der Waals surface area contributed by atoms with Gasteiger partial charge in [0.15, 0.2) is 0 Å². The van der Waals surface area contributed by atoms with Gasteiger partial charge in [0.2, 0.25) is 0 Å². The molecule has 0 radical (unpaired) electrons. The molecule has 0 aliphatic carbocycles. The second-order valence-corrected chi connectivity index (χ2v) is 9.94. The lowest BCUT2D eigenvalue weighted by atomic mass is 10.1. The van der Waals surface area contributed by atoms with E-state index < -0.39 is 10.0 Å². The molecule has 0 aromatic heterocycles. The normalized spacial score (nSPS) is 17.9. The largest absolute Gasteiger partial charge is 0.497 e. The fourth-order valence-corrected chi connectivity index (χ4v) is 6.50. The number of rotatable bonds is 4. The van der Waals surface area contributed by atoms with E-state index in [4.69, 9.17) is 4.74 Å². The van der Waals surface area contributed by atoms with Gasteiger partial charge in [-0.3, -0.25) is 4.31 Å². The van der Waals surface area contributed by atoms with Crippen LogP contribution in [0.3, 0.4) is 0 Å². The summed E-state index contributed by atoms with van der Waals surface area (Å²) in [5.41, 5.74) is 1.99.